The number of halogens is 4. The quantitative estimate of drug-likeness (QED) is 0.704. The van der Waals surface area contributed by atoms with E-state index in [0.29, 0.717) is 0 Å². The monoisotopic (exact) mass is 223 g/mol. The van der Waals surface area contributed by atoms with Crippen LogP contribution in [0.4, 0.5) is 13.2 Å². The fourth-order valence-electron chi connectivity index (χ4n) is 1.17. The number of alkyl halides is 3. The van der Waals surface area contributed by atoms with Gasteiger partial charge in [-0.1, -0.05) is 25.4 Å². The number of nitrogens with zero attached hydrogens (tertiary/aromatic N) is 1. The SMILES string of the molecule is CC(C)c1nccc(Cl)c1C(F)(F)F. The molecule has 5 heteroatoms. The molecule has 78 valence electrons. The molecule has 0 fully saturated rings. The maximum absolute atomic E-state index is 12.5. The van der Waals surface area contributed by atoms with Crippen LogP contribution in [0.5, 0.6) is 0 Å². The van der Waals surface area contributed by atoms with E-state index in [-0.39, 0.29) is 16.6 Å². The van der Waals surface area contributed by atoms with Crippen LogP contribution in [0.3, 0.4) is 0 Å². The van der Waals surface area contributed by atoms with E-state index >= 15 is 0 Å². The molecule has 1 heterocycles. The summed E-state index contributed by atoms with van der Waals surface area (Å²) in [7, 11) is 0. The van der Waals surface area contributed by atoms with Crippen LogP contribution in [0.25, 0.3) is 0 Å². The van der Waals surface area contributed by atoms with Crippen molar-refractivity contribution in [2.45, 2.75) is 25.9 Å². The van der Waals surface area contributed by atoms with Crippen molar-refractivity contribution in [3.8, 4) is 0 Å². The predicted octanol–water partition coefficient (Wildman–Crippen LogP) is 3.88. The first kappa shape index (κ1) is 11.3. The summed E-state index contributed by atoms with van der Waals surface area (Å²) in [5, 5.41) is -0.295. The molecule has 0 aliphatic carbocycles. The van der Waals surface area contributed by atoms with Crippen molar-refractivity contribution in [1.29, 1.82) is 0 Å². The lowest BCUT2D eigenvalue weighted by Crippen LogP contribution is -2.12. The maximum atomic E-state index is 12.5. The summed E-state index contributed by atoms with van der Waals surface area (Å²) >= 11 is 5.50. The molecule has 14 heavy (non-hydrogen) atoms. The minimum Gasteiger partial charge on any atom is -0.260 e. The third kappa shape index (κ3) is 2.18. The molecule has 0 aliphatic rings. The lowest BCUT2D eigenvalue weighted by molar-refractivity contribution is -0.138. The van der Waals surface area contributed by atoms with Gasteiger partial charge in [0, 0.05) is 6.20 Å². The van der Waals surface area contributed by atoms with Gasteiger partial charge in [-0.25, -0.2) is 0 Å². The van der Waals surface area contributed by atoms with Gasteiger partial charge in [-0.15, -0.1) is 0 Å². The smallest absolute Gasteiger partial charge is 0.260 e. The average molecular weight is 224 g/mol. The van der Waals surface area contributed by atoms with E-state index in [1.807, 2.05) is 0 Å². The van der Waals surface area contributed by atoms with Gasteiger partial charge in [0.25, 0.3) is 0 Å². The van der Waals surface area contributed by atoms with Gasteiger partial charge in [-0.05, 0) is 12.0 Å². The van der Waals surface area contributed by atoms with Gasteiger partial charge in [0.15, 0.2) is 0 Å². The molecule has 0 spiro atoms. The van der Waals surface area contributed by atoms with Crippen molar-refractivity contribution in [2.75, 3.05) is 0 Å². The third-order valence-electron chi connectivity index (χ3n) is 1.76. The second kappa shape index (κ2) is 3.77. The van der Waals surface area contributed by atoms with E-state index in [0.717, 1.165) is 6.07 Å². The largest absolute Gasteiger partial charge is 0.419 e. The molecule has 0 bridgehead atoms. The molecule has 0 radical (unpaired) electrons. The average Bonchev–Trinajstić information content (AvgIpc) is 2.01. The van der Waals surface area contributed by atoms with Crippen molar-refractivity contribution < 1.29 is 13.2 Å². The van der Waals surface area contributed by atoms with E-state index in [4.69, 9.17) is 11.6 Å². The minimum absolute atomic E-state index is 0.00926. The molecule has 1 aromatic rings. The number of pyridine rings is 1. The number of aromatic nitrogens is 1. The minimum atomic E-state index is -4.44. The Labute approximate surface area is 84.9 Å². The van der Waals surface area contributed by atoms with Gasteiger partial charge in [0.1, 0.15) is 0 Å². The predicted molar refractivity (Wildman–Crippen MR) is 48.3 cm³/mol. The zero-order chi connectivity index (χ0) is 10.9. The summed E-state index contributed by atoms with van der Waals surface area (Å²) in [4.78, 5) is 3.70. The zero-order valence-corrected chi connectivity index (χ0v) is 8.45. The Morgan fingerprint density at radius 1 is 1.36 bits per heavy atom. The van der Waals surface area contributed by atoms with Crippen LogP contribution in [0.1, 0.15) is 31.0 Å². The zero-order valence-electron chi connectivity index (χ0n) is 7.69. The van der Waals surface area contributed by atoms with Crippen LogP contribution in [-0.4, -0.2) is 4.98 Å². The lowest BCUT2D eigenvalue weighted by atomic mass is 10.0. The Balaban J connectivity index is 3.38. The molecule has 1 nitrogen and oxygen atoms in total. The summed E-state index contributed by atoms with van der Waals surface area (Å²) in [6.45, 7) is 3.29. The molecule has 0 N–H and O–H groups in total. The van der Waals surface area contributed by atoms with Gasteiger partial charge in [0.2, 0.25) is 0 Å². The highest BCUT2D eigenvalue weighted by Crippen LogP contribution is 2.38. The Kier molecular flexibility index (Phi) is 3.04. The van der Waals surface area contributed by atoms with Crippen molar-refractivity contribution in [3.05, 3.63) is 28.5 Å². The normalized spacial score (nSPS) is 12.2. The molecule has 0 aromatic carbocycles. The van der Waals surface area contributed by atoms with Crippen molar-refractivity contribution in [2.24, 2.45) is 0 Å². The van der Waals surface area contributed by atoms with Crippen LogP contribution >= 0.6 is 11.6 Å². The van der Waals surface area contributed by atoms with Gasteiger partial charge in [-0.2, -0.15) is 13.2 Å². The summed E-state index contributed by atoms with van der Waals surface area (Å²) in [5.74, 6) is -0.301. The topological polar surface area (TPSA) is 12.9 Å². The second-order valence-corrected chi connectivity index (χ2v) is 3.61. The van der Waals surface area contributed by atoms with Crippen LogP contribution in [-0.2, 0) is 6.18 Å². The molecule has 0 unspecified atom stereocenters. The maximum Gasteiger partial charge on any atom is 0.419 e. The van der Waals surface area contributed by atoms with E-state index in [2.05, 4.69) is 4.98 Å². The lowest BCUT2D eigenvalue weighted by Gasteiger charge is -2.15. The van der Waals surface area contributed by atoms with Gasteiger partial charge in [-0.3, -0.25) is 4.98 Å². The molecule has 1 rings (SSSR count). The van der Waals surface area contributed by atoms with Gasteiger partial charge >= 0.3 is 6.18 Å². The Hall–Kier alpha value is -0.770. The van der Waals surface area contributed by atoms with Crippen LogP contribution in [0.2, 0.25) is 5.02 Å². The van der Waals surface area contributed by atoms with Gasteiger partial charge in [0.05, 0.1) is 16.3 Å². The van der Waals surface area contributed by atoms with E-state index in [1.165, 1.54) is 6.20 Å². The fourth-order valence-corrected chi connectivity index (χ4v) is 1.43. The first-order valence-electron chi connectivity index (χ1n) is 4.05. The molecular weight excluding hydrogens is 215 g/mol. The highest BCUT2D eigenvalue weighted by Gasteiger charge is 2.37. The number of hydrogen-bond acceptors (Lipinski definition) is 1. The summed E-state index contributed by atoms with van der Waals surface area (Å²) in [5.41, 5.74) is -0.832. The first-order chi connectivity index (χ1) is 6.34. The van der Waals surface area contributed by atoms with Crippen molar-refractivity contribution in [1.82, 2.24) is 4.98 Å². The first-order valence-corrected chi connectivity index (χ1v) is 4.43. The summed E-state index contributed by atoms with van der Waals surface area (Å²) < 4.78 is 37.6. The molecular formula is C9H9ClF3N. The Morgan fingerprint density at radius 2 is 1.93 bits per heavy atom. The molecule has 1 aromatic heterocycles. The van der Waals surface area contributed by atoms with E-state index in [9.17, 15) is 13.2 Å². The van der Waals surface area contributed by atoms with Crippen LogP contribution in [0, 0.1) is 0 Å². The Bertz CT molecular complexity index is 333. The molecule has 0 amide bonds. The molecule has 0 saturated heterocycles. The highest BCUT2D eigenvalue weighted by atomic mass is 35.5. The fraction of sp³-hybridized carbons (Fsp3) is 0.444. The molecule has 0 aliphatic heterocycles. The second-order valence-electron chi connectivity index (χ2n) is 3.21. The van der Waals surface area contributed by atoms with Crippen molar-refractivity contribution in [3.63, 3.8) is 0 Å². The third-order valence-corrected chi connectivity index (χ3v) is 2.07. The van der Waals surface area contributed by atoms with E-state index < -0.39 is 11.7 Å². The summed E-state index contributed by atoms with van der Waals surface area (Å²) in [6.07, 6.45) is -3.15. The molecule has 0 atom stereocenters. The molecule has 0 saturated carbocycles. The highest BCUT2D eigenvalue weighted by molar-refractivity contribution is 6.31. The van der Waals surface area contributed by atoms with Crippen LogP contribution in [0.15, 0.2) is 12.3 Å². The standard InChI is InChI=1S/C9H9ClF3N/c1-5(2)8-7(9(11,12)13)6(10)3-4-14-8/h3-5H,1-2H3. The number of hydrogen-bond donors (Lipinski definition) is 0. The van der Waals surface area contributed by atoms with Crippen molar-refractivity contribution >= 4 is 11.6 Å². The van der Waals surface area contributed by atoms with Gasteiger partial charge < -0.3 is 0 Å². The number of rotatable bonds is 1. The Morgan fingerprint density at radius 3 is 2.29 bits per heavy atom. The van der Waals surface area contributed by atoms with E-state index in [1.54, 1.807) is 13.8 Å². The summed E-state index contributed by atoms with van der Waals surface area (Å²) in [6, 6.07) is 1.15. The van der Waals surface area contributed by atoms with Crippen LogP contribution < -0.4 is 0 Å².